The summed E-state index contributed by atoms with van der Waals surface area (Å²) in [5, 5.41) is 3.05. The van der Waals surface area contributed by atoms with E-state index in [2.05, 4.69) is 10.2 Å². The molecular weight excluding hydrogens is 257 g/mol. The second-order valence-corrected chi connectivity index (χ2v) is 5.74. The maximum atomic E-state index is 13.4. The van der Waals surface area contributed by atoms with Gasteiger partial charge in [-0.3, -0.25) is 4.79 Å². The number of amides is 1. The first kappa shape index (κ1) is 14.8. The largest absolute Gasteiger partial charge is 0.355 e. The van der Waals surface area contributed by atoms with E-state index in [1.807, 2.05) is 27.9 Å². The van der Waals surface area contributed by atoms with E-state index in [9.17, 15) is 9.18 Å². The zero-order chi connectivity index (χ0) is 14.9. The van der Waals surface area contributed by atoms with Gasteiger partial charge in [-0.2, -0.15) is 0 Å². The summed E-state index contributed by atoms with van der Waals surface area (Å²) in [5.74, 6) is -0.166. The Bertz CT molecular complexity index is 516. The molecule has 20 heavy (non-hydrogen) atoms. The fourth-order valence-corrected chi connectivity index (χ4v) is 2.78. The van der Waals surface area contributed by atoms with Crippen LogP contribution in [0.15, 0.2) is 18.2 Å². The van der Waals surface area contributed by atoms with Crippen LogP contribution in [0.4, 0.5) is 10.1 Å². The highest BCUT2D eigenvalue weighted by Gasteiger charge is 2.41. The van der Waals surface area contributed by atoms with Crippen LogP contribution < -0.4 is 10.2 Å². The van der Waals surface area contributed by atoms with Gasteiger partial charge in [0, 0.05) is 32.4 Å². The van der Waals surface area contributed by atoms with Crippen LogP contribution in [0.5, 0.6) is 0 Å². The third-order valence-corrected chi connectivity index (χ3v) is 3.90. The number of hydrogen-bond acceptors (Lipinski definition) is 3. The molecule has 0 atom stereocenters. The van der Waals surface area contributed by atoms with Crippen LogP contribution in [-0.4, -0.2) is 43.5 Å². The minimum absolute atomic E-state index is 0.0866. The highest BCUT2D eigenvalue weighted by Crippen LogP contribution is 2.31. The van der Waals surface area contributed by atoms with Crippen molar-refractivity contribution in [1.82, 2.24) is 10.2 Å². The molecule has 0 radical (unpaired) electrons. The first-order chi connectivity index (χ1) is 9.37. The maximum Gasteiger partial charge on any atom is 0.247 e. The third-order valence-electron chi connectivity index (χ3n) is 3.90. The van der Waals surface area contributed by atoms with Crippen LogP contribution in [0, 0.1) is 5.82 Å². The van der Waals surface area contributed by atoms with Crippen molar-refractivity contribution in [1.29, 1.82) is 0 Å². The number of carbonyl (C=O) groups excluding carboxylic acids is 1. The molecule has 0 bridgehead atoms. The molecular formula is C15H22FN3O. The molecule has 110 valence electrons. The van der Waals surface area contributed by atoms with Gasteiger partial charge in [-0.15, -0.1) is 0 Å². The van der Waals surface area contributed by atoms with Gasteiger partial charge >= 0.3 is 0 Å². The Balaban J connectivity index is 2.42. The molecule has 0 aromatic heterocycles. The number of nitrogens with one attached hydrogen (secondary N) is 1. The minimum atomic E-state index is -0.618. The predicted molar refractivity (Wildman–Crippen MR) is 78.2 cm³/mol. The molecule has 1 aromatic rings. The highest BCUT2D eigenvalue weighted by molar-refractivity contribution is 5.90. The molecule has 1 fully saturated rings. The molecule has 2 rings (SSSR count). The van der Waals surface area contributed by atoms with Crippen molar-refractivity contribution in [3.05, 3.63) is 29.6 Å². The van der Waals surface area contributed by atoms with Crippen molar-refractivity contribution < 1.29 is 9.18 Å². The quantitative estimate of drug-likeness (QED) is 0.913. The highest BCUT2D eigenvalue weighted by atomic mass is 19.1. The minimum Gasteiger partial charge on any atom is -0.355 e. The summed E-state index contributed by atoms with van der Waals surface area (Å²) < 4.78 is 13.4. The third kappa shape index (κ3) is 2.50. The summed E-state index contributed by atoms with van der Waals surface area (Å²) in [7, 11) is 3.65. The number of likely N-dealkylation sites (N-methyl/N-ethyl adjacent to an activating group) is 1. The molecule has 1 aromatic carbocycles. The number of hydrogen-bond donors (Lipinski definition) is 1. The number of rotatable bonds is 3. The van der Waals surface area contributed by atoms with Gasteiger partial charge in [-0.25, -0.2) is 4.39 Å². The Labute approximate surface area is 119 Å². The van der Waals surface area contributed by atoms with Crippen molar-refractivity contribution >= 4 is 11.6 Å². The van der Waals surface area contributed by atoms with Gasteiger partial charge in [0.25, 0.3) is 0 Å². The number of halogens is 1. The molecule has 1 amide bonds. The fourth-order valence-electron chi connectivity index (χ4n) is 2.78. The van der Waals surface area contributed by atoms with E-state index >= 15 is 0 Å². The molecule has 0 saturated carbocycles. The van der Waals surface area contributed by atoms with E-state index in [1.54, 1.807) is 11.0 Å². The Morgan fingerprint density at radius 3 is 2.70 bits per heavy atom. The Hall–Kier alpha value is -1.62. The number of carbonyl (C=O) groups is 1. The van der Waals surface area contributed by atoms with Crippen molar-refractivity contribution in [2.24, 2.45) is 0 Å². The van der Waals surface area contributed by atoms with Gasteiger partial charge in [-0.05, 0) is 44.7 Å². The second-order valence-electron chi connectivity index (χ2n) is 5.74. The Morgan fingerprint density at radius 1 is 1.35 bits per heavy atom. The maximum absolute atomic E-state index is 13.4. The summed E-state index contributed by atoms with van der Waals surface area (Å²) in [6, 6.07) is 4.75. The first-order valence-corrected chi connectivity index (χ1v) is 6.84. The van der Waals surface area contributed by atoms with Crippen LogP contribution in [0.1, 0.15) is 19.4 Å². The lowest BCUT2D eigenvalue weighted by molar-refractivity contribution is -0.136. The van der Waals surface area contributed by atoms with Crippen LogP contribution in [-0.2, 0) is 11.3 Å². The Morgan fingerprint density at radius 2 is 2.05 bits per heavy atom. The second kappa shape index (κ2) is 5.40. The van der Waals surface area contributed by atoms with Crippen molar-refractivity contribution in [2.75, 3.05) is 32.1 Å². The molecule has 1 aliphatic rings. The molecule has 0 unspecified atom stereocenters. The number of piperazine rings is 1. The zero-order valence-corrected chi connectivity index (χ0v) is 12.5. The molecule has 0 aliphatic carbocycles. The normalized spacial score (nSPS) is 18.6. The van der Waals surface area contributed by atoms with Crippen molar-refractivity contribution in [3.63, 3.8) is 0 Å². The Kier molecular flexibility index (Phi) is 3.99. The summed E-state index contributed by atoms with van der Waals surface area (Å²) in [4.78, 5) is 16.2. The van der Waals surface area contributed by atoms with Gasteiger partial charge in [0.1, 0.15) is 11.4 Å². The van der Waals surface area contributed by atoms with Crippen LogP contribution in [0.2, 0.25) is 0 Å². The topological polar surface area (TPSA) is 35.6 Å². The first-order valence-electron chi connectivity index (χ1n) is 6.84. The molecule has 0 spiro atoms. The lowest BCUT2D eigenvalue weighted by atomic mass is 9.95. The van der Waals surface area contributed by atoms with Gasteiger partial charge in [0.15, 0.2) is 0 Å². The summed E-state index contributed by atoms with van der Waals surface area (Å²) >= 11 is 0. The van der Waals surface area contributed by atoms with Crippen molar-refractivity contribution in [2.45, 2.75) is 25.9 Å². The molecule has 1 saturated heterocycles. The van der Waals surface area contributed by atoms with E-state index in [-0.39, 0.29) is 11.7 Å². The predicted octanol–water partition coefficient (Wildman–Crippen LogP) is 1.60. The van der Waals surface area contributed by atoms with Gasteiger partial charge in [0.05, 0.1) is 0 Å². The zero-order valence-electron chi connectivity index (χ0n) is 12.5. The summed E-state index contributed by atoms with van der Waals surface area (Å²) in [6.07, 6.45) is 0. The summed E-state index contributed by atoms with van der Waals surface area (Å²) in [6.45, 7) is 5.83. The van der Waals surface area contributed by atoms with Crippen LogP contribution in [0.25, 0.3) is 0 Å². The molecule has 1 aliphatic heterocycles. The van der Waals surface area contributed by atoms with E-state index in [0.717, 1.165) is 17.8 Å². The average Bonchev–Trinajstić information content (AvgIpc) is 2.38. The molecule has 1 N–H and O–H groups in total. The van der Waals surface area contributed by atoms with Crippen LogP contribution in [0.3, 0.4) is 0 Å². The van der Waals surface area contributed by atoms with Crippen molar-refractivity contribution in [3.8, 4) is 0 Å². The standard InChI is InChI=1S/C15H22FN3O/c1-15(2)14(20)18(4)7-8-19(15)13-6-5-12(16)9-11(13)10-17-3/h5-6,9,17H,7-8,10H2,1-4H3. The fraction of sp³-hybridized carbons (Fsp3) is 0.533. The van der Waals surface area contributed by atoms with E-state index < -0.39 is 5.54 Å². The number of nitrogens with zero attached hydrogens (tertiary/aromatic N) is 2. The monoisotopic (exact) mass is 279 g/mol. The SMILES string of the molecule is CNCc1cc(F)ccc1N1CCN(C)C(=O)C1(C)C. The van der Waals surface area contributed by atoms with Crippen LogP contribution >= 0.6 is 0 Å². The lowest BCUT2D eigenvalue weighted by Gasteiger charge is -2.46. The van der Waals surface area contributed by atoms with Gasteiger partial charge < -0.3 is 15.1 Å². The van der Waals surface area contributed by atoms with E-state index in [4.69, 9.17) is 0 Å². The smallest absolute Gasteiger partial charge is 0.247 e. The van der Waals surface area contributed by atoms with E-state index in [0.29, 0.717) is 13.1 Å². The molecule has 4 nitrogen and oxygen atoms in total. The molecule has 5 heteroatoms. The van der Waals surface area contributed by atoms with E-state index in [1.165, 1.54) is 12.1 Å². The van der Waals surface area contributed by atoms with Gasteiger partial charge in [0.2, 0.25) is 5.91 Å². The number of benzene rings is 1. The number of anilines is 1. The molecule has 1 heterocycles. The van der Waals surface area contributed by atoms with Gasteiger partial charge in [-0.1, -0.05) is 0 Å². The average molecular weight is 279 g/mol. The lowest BCUT2D eigenvalue weighted by Crippen LogP contribution is -2.62. The summed E-state index contributed by atoms with van der Waals surface area (Å²) in [5.41, 5.74) is 1.18.